The summed E-state index contributed by atoms with van der Waals surface area (Å²) in [5.74, 6) is -0.0972. The van der Waals surface area contributed by atoms with Gasteiger partial charge in [-0.15, -0.1) is 0 Å². The number of hydrogen-bond donors (Lipinski definition) is 2. The van der Waals surface area contributed by atoms with Crippen LogP contribution in [0.3, 0.4) is 0 Å². The topological polar surface area (TPSA) is 79.8 Å². The summed E-state index contributed by atoms with van der Waals surface area (Å²) in [5, 5.41) is 7.79. The number of halogens is 2. The van der Waals surface area contributed by atoms with Crippen LogP contribution in [0.4, 0.5) is 5.69 Å². The van der Waals surface area contributed by atoms with Crippen LogP contribution in [-0.4, -0.2) is 18.0 Å². The maximum absolute atomic E-state index is 12.0. The van der Waals surface area contributed by atoms with Crippen molar-refractivity contribution in [2.24, 2.45) is 5.10 Å². The number of hydrazone groups is 1. The fourth-order valence-corrected chi connectivity index (χ4v) is 3.10. The number of nitrogens with one attached hydrogen (secondary N) is 2. The summed E-state index contributed by atoms with van der Waals surface area (Å²) in [6.45, 7) is 0.269. The van der Waals surface area contributed by atoms with E-state index in [4.69, 9.17) is 27.9 Å². The number of ether oxygens (including phenoxy) is 1. The molecule has 0 bridgehead atoms. The van der Waals surface area contributed by atoms with E-state index in [2.05, 4.69) is 15.8 Å². The molecule has 0 aliphatic heterocycles. The van der Waals surface area contributed by atoms with Gasteiger partial charge in [-0.25, -0.2) is 5.43 Å². The van der Waals surface area contributed by atoms with E-state index < -0.39 is 0 Å². The first kappa shape index (κ1) is 23.3. The highest BCUT2D eigenvalue weighted by Gasteiger charge is 2.08. The highest BCUT2D eigenvalue weighted by atomic mass is 35.5. The Labute approximate surface area is 196 Å². The molecule has 0 heterocycles. The molecule has 3 aromatic carbocycles. The van der Waals surface area contributed by atoms with Crippen LogP contribution in [0.15, 0.2) is 77.9 Å². The SMILES string of the molecule is O=C(CCC(=O)Nc1ccccc1)NN=Cc1cc(Cl)ccc1OCc1ccccc1Cl. The van der Waals surface area contributed by atoms with Crippen LogP contribution in [-0.2, 0) is 16.2 Å². The molecule has 0 aromatic heterocycles. The second-order valence-corrected chi connectivity index (χ2v) is 7.61. The fourth-order valence-electron chi connectivity index (χ4n) is 2.72. The monoisotopic (exact) mass is 469 g/mol. The molecule has 0 saturated heterocycles. The first-order valence-corrected chi connectivity index (χ1v) is 10.6. The van der Waals surface area contributed by atoms with Crippen molar-refractivity contribution in [2.45, 2.75) is 19.4 Å². The van der Waals surface area contributed by atoms with Crippen LogP contribution in [0.1, 0.15) is 24.0 Å². The Bertz CT molecular complexity index is 1100. The van der Waals surface area contributed by atoms with E-state index in [1.54, 1.807) is 36.4 Å². The van der Waals surface area contributed by atoms with Crippen molar-refractivity contribution in [3.63, 3.8) is 0 Å². The number of carbonyl (C=O) groups excluding carboxylic acids is 2. The average molecular weight is 470 g/mol. The molecule has 0 aliphatic carbocycles. The predicted octanol–water partition coefficient (Wildman–Crippen LogP) is 5.44. The Morgan fingerprint density at radius 2 is 1.62 bits per heavy atom. The summed E-state index contributed by atoms with van der Waals surface area (Å²) in [7, 11) is 0. The van der Waals surface area contributed by atoms with Gasteiger partial charge in [-0.3, -0.25) is 9.59 Å². The molecular formula is C24H21Cl2N3O3. The van der Waals surface area contributed by atoms with Crippen molar-refractivity contribution >= 4 is 46.9 Å². The highest BCUT2D eigenvalue weighted by Crippen LogP contribution is 2.24. The van der Waals surface area contributed by atoms with Crippen molar-refractivity contribution < 1.29 is 14.3 Å². The Kier molecular flexibility index (Phi) is 8.66. The van der Waals surface area contributed by atoms with Crippen molar-refractivity contribution in [3.05, 3.63) is 94.0 Å². The number of carbonyl (C=O) groups is 2. The second-order valence-electron chi connectivity index (χ2n) is 6.77. The van der Waals surface area contributed by atoms with Crippen molar-refractivity contribution in [1.82, 2.24) is 5.43 Å². The summed E-state index contributed by atoms with van der Waals surface area (Å²) < 4.78 is 5.85. The molecule has 0 unspecified atom stereocenters. The number of anilines is 1. The van der Waals surface area contributed by atoms with Gasteiger partial charge in [0.2, 0.25) is 11.8 Å². The maximum Gasteiger partial charge on any atom is 0.240 e. The van der Waals surface area contributed by atoms with Gasteiger partial charge in [0.05, 0.1) is 6.21 Å². The second kappa shape index (κ2) is 11.9. The largest absolute Gasteiger partial charge is 0.488 e. The summed E-state index contributed by atoms with van der Waals surface area (Å²) >= 11 is 12.2. The lowest BCUT2D eigenvalue weighted by molar-refractivity contribution is -0.124. The molecule has 164 valence electrons. The zero-order valence-electron chi connectivity index (χ0n) is 17.1. The van der Waals surface area contributed by atoms with E-state index in [0.29, 0.717) is 27.0 Å². The lowest BCUT2D eigenvalue weighted by Crippen LogP contribution is -2.20. The molecule has 0 radical (unpaired) electrons. The molecule has 2 amide bonds. The molecule has 2 N–H and O–H groups in total. The van der Waals surface area contributed by atoms with Crippen LogP contribution in [0.2, 0.25) is 10.0 Å². The molecular weight excluding hydrogens is 449 g/mol. The van der Waals surface area contributed by atoms with E-state index in [9.17, 15) is 9.59 Å². The van der Waals surface area contributed by atoms with Gasteiger partial charge in [-0.1, -0.05) is 59.6 Å². The molecule has 0 spiro atoms. The predicted molar refractivity (Wildman–Crippen MR) is 127 cm³/mol. The number of nitrogens with zero attached hydrogens (tertiary/aromatic N) is 1. The fraction of sp³-hybridized carbons (Fsp3) is 0.125. The van der Waals surface area contributed by atoms with Gasteiger partial charge in [0, 0.05) is 39.7 Å². The Hall–Kier alpha value is -3.35. The van der Waals surface area contributed by atoms with Crippen molar-refractivity contribution in [1.29, 1.82) is 0 Å². The first-order chi connectivity index (χ1) is 15.5. The summed E-state index contributed by atoms with van der Waals surface area (Å²) in [6, 6.07) is 21.5. The zero-order chi connectivity index (χ0) is 22.8. The Balaban J connectivity index is 1.51. The zero-order valence-corrected chi connectivity index (χ0v) is 18.6. The molecule has 0 saturated carbocycles. The first-order valence-electron chi connectivity index (χ1n) is 9.84. The molecule has 0 fully saturated rings. The number of para-hydroxylation sites is 1. The van der Waals surface area contributed by atoms with E-state index in [-0.39, 0.29) is 31.3 Å². The molecule has 0 aliphatic rings. The molecule has 32 heavy (non-hydrogen) atoms. The minimum absolute atomic E-state index is 0.00140. The van der Waals surface area contributed by atoms with Crippen LogP contribution < -0.4 is 15.5 Å². The standard InChI is InChI=1S/C24H21Cl2N3O3/c25-19-10-11-22(32-16-17-6-4-5-9-21(17)26)18(14-19)15-27-29-24(31)13-12-23(30)28-20-7-2-1-3-8-20/h1-11,14-15H,12-13,16H2,(H,28,30)(H,29,31). The molecule has 3 aromatic rings. The lowest BCUT2D eigenvalue weighted by atomic mass is 10.2. The number of hydrogen-bond acceptors (Lipinski definition) is 4. The van der Waals surface area contributed by atoms with Gasteiger partial charge < -0.3 is 10.1 Å². The van der Waals surface area contributed by atoms with Crippen molar-refractivity contribution in [3.8, 4) is 5.75 Å². The minimum atomic E-state index is -0.384. The number of benzene rings is 3. The normalized spacial score (nSPS) is 10.7. The summed E-state index contributed by atoms with van der Waals surface area (Å²) in [4.78, 5) is 24.0. The quantitative estimate of drug-likeness (QED) is 0.323. The lowest BCUT2D eigenvalue weighted by Gasteiger charge is -2.10. The summed E-state index contributed by atoms with van der Waals surface area (Å²) in [6.07, 6.45) is 1.48. The van der Waals surface area contributed by atoms with Gasteiger partial charge >= 0.3 is 0 Å². The molecule has 6 nitrogen and oxygen atoms in total. The third-order valence-corrected chi connectivity index (χ3v) is 4.95. The average Bonchev–Trinajstić information content (AvgIpc) is 2.79. The Morgan fingerprint density at radius 1 is 0.906 bits per heavy atom. The van der Waals surface area contributed by atoms with Gasteiger partial charge in [0.1, 0.15) is 12.4 Å². The van der Waals surface area contributed by atoms with Crippen LogP contribution in [0.25, 0.3) is 0 Å². The van der Waals surface area contributed by atoms with E-state index in [0.717, 1.165) is 5.56 Å². The minimum Gasteiger partial charge on any atom is -0.488 e. The van der Waals surface area contributed by atoms with Gasteiger partial charge in [0.15, 0.2) is 0 Å². The van der Waals surface area contributed by atoms with E-state index in [1.165, 1.54) is 6.21 Å². The third kappa shape index (κ3) is 7.41. The molecule has 0 atom stereocenters. The maximum atomic E-state index is 12.0. The van der Waals surface area contributed by atoms with Crippen LogP contribution in [0.5, 0.6) is 5.75 Å². The van der Waals surface area contributed by atoms with Gasteiger partial charge in [-0.2, -0.15) is 5.10 Å². The number of amides is 2. The smallest absolute Gasteiger partial charge is 0.240 e. The van der Waals surface area contributed by atoms with Crippen molar-refractivity contribution in [2.75, 3.05) is 5.32 Å². The molecule has 3 rings (SSSR count). The Morgan fingerprint density at radius 3 is 2.41 bits per heavy atom. The van der Waals surface area contributed by atoms with Crippen LogP contribution >= 0.6 is 23.2 Å². The van der Waals surface area contributed by atoms with Crippen LogP contribution in [0, 0.1) is 0 Å². The number of rotatable bonds is 9. The molecule has 8 heteroatoms. The van der Waals surface area contributed by atoms with E-state index in [1.807, 2.05) is 36.4 Å². The van der Waals surface area contributed by atoms with Gasteiger partial charge in [-0.05, 0) is 36.4 Å². The summed E-state index contributed by atoms with van der Waals surface area (Å²) in [5.41, 5.74) is 4.52. The van der Waals surface area contributed by atoms with Gasteiger partial charge in [0.25, 0.3) is 0 Å². The van der Waals surface area contributed by atoms with E-state index >= 15 is 0 Å². The highest BCUT2D eigenvalue weighted by molar-refractivity contribution is 6.31. The third-order valence-electron chi connectivity index (χ3n) is 4.34.